The maximum atomic E-state index is 12.0. The number of carbonyl (C=O) groups is 3. The normalized spacial score (nSPS) is 12.7. The van der Waals surface area contributed by atoms with Gasteiger partial charge < -0.3 is 20.2 Å². The molecule has 0 bridgehead atoms. The first kappa shape index (κ1) is 16.3. The van der Waals surface area contributed by atoms with E-state index in [2.05, 4.69) is 5.32 Å². The summed E-state index contributed by atoms with van der Waals surface area (Å²) in [5, 5.41) is 3.02. The number of esters is 1. The van der Waals surface area contributed by atoms with E-state index in [0.717, 1.165) is 29.7 Å². The molecule has 3 rings (SSSR count). The van der Waals surface area contributed by atoms with Crippen LogP contribution in [0.1, 0.15) is 43.5 Å². The number of amides is 2. The van der Waals surface area contributed by atoms with Gasteiger partial charge in [0.15, 0.2) is 6.61 Å². The Bertz CT molecular complexity index is 821. The number of carbonyl (C=O) groups excluding carboxylic acids is 3. The molecule has 0 radical (unpaired) electrons. The van der Waals surface area contributed by atoms with Crippen LogP contribution in [0.5, 0.6) is 0 Å². The van der Waals surface area contributed by atoms with Crippen molar-refractivity contribution >= 4 is 34.1 Å². The molecule has 2 amide bonds. The second-order valence-electron chi connectivity index (χ2n) is 5.46. The molecule has 0 saturated carbocycles. The van der Waals surface area contributed by atoms with Crippen molar-refractivity contribution in [2.75, 3.05) is 11.9 Å². The number of furan rings is 1. The minimum atomic E-state index is -0.720. The van der Waals surface area contributed by atoms with Gasteiger partial charge in [0.1, 0.15) is 10.8 Å². The largest absolute Gasteiger partial charge is 0.454 e. The lowest BCUT2D eigenvalue weighted by Gasteiger charge is -2.06. The van der Waals surface area contributed by atoms with Crippen molar-refractivity contribution in [2.45, 2.75) is 26.2 Å². The van der Waals surface area contributed by atoms with Gasteiger partial charge in [0.25, 0.3) is 11.8 Å². The van der Waals surface area contributed by atoms with E-state index < -0.39 is 24.4 Å². The number of hydrogen-bond acceptors (Lipinski definition) is 6. The number of hydrogen-bond donors (Lipinski definition) is 2. The second kappa shape index (κ2) is 6.48. The Morgan fingerprint density at radius 2 is 2.12 bits per heavy atom. The first-order valence-corrected chi connectivity index (χ1v) is 8.25. The molecular weight excluding hydrogens is 332 g/mol. The molecule has 3 N–H and O–H groups in total. The van der Waals surface area contributed by atoms with Crippen LogP contribution in [0.25, 0.3) is 0 Å². The van der Waals surface area contributed by atoms with Gasteiger partial charge >= 0.3 is 5.97 Å². The van der Waals surface area contributed by atoms with Gasteiger partial charge in [-0.3, -0.25) is 9.59 Å². The average Bonchev–Trinajstić information content (AvgIpc) is 3.19. The minimum absolute atomic E-state index is 0.0354. The third-order valence-electron chi connectivity index (χ3n) is 3.70. The fraction of sp³-hybridized carbons (Fsp3) is 0.312. The molecule has 2 aromatic heterocycles. The van der Waals surface area contributed by atoms with Crippen LogP contribution in [0.3, 0.4) is 0 Å². The third kappa shape index (κ3) is 3.18. The molecule has 0 aromatic carbocycles. The first-order chi connectivity index (χ1) is 11.5. The highest BCUT2D eigenvalue weighted by molar-refractivity contribution is 7.17. The predicted octanol–water partition coefficient (Wildman–Crippen LogP) is 2.03. The van der Waals surface area contributed by atoms with E-state index in [4.69, 9.17) is 14.9 Å². The summed E-state index contributed by atoms with van der Waals surface area (Å²) in [5.41, 5.74) is 6.72. The van der Waals surface area contributed by atoms with Gasteiger partial charge in [-0.1, -0.05) is 0 Å². The monoisotopic (exact) mass is 348 g/mol. The molecule has 0 spiro atoms. The van der Waals surface area contributed by atoms with Crippen LogP contribution in [0.15, 0.2) is 16.5 Å². The van der Waals surface area contributed by atoms with Crippen LogP contribution in [-0.4, -0.2) is 24.4 Å². The molecule has 0 fully saturated rings. The Hall–Kier alpha value is -2.61. The van der Waals surface area contributed by atoms with E-state index in [0.29, 0.717) is 16.3 Å². The summed E-state index contributed by atoms with van der Waals surface area (Å²) >= 11 is 1.35. The lowest BCUT2D eigenvalue weighted by atomic mass is 10.1. The van der Waals surface area contributed by atoms with Crippen molar-refractivity contribution in [3.8, 4) is 0 Å². The Kier molecular flexibility index (Phi) is 4.39. The summed E-state index contributed by atoms with van der Waals surface area (Å²) in [6, 6.07) is 3.10. The zero-order chi connectivity index (χ0) is 17.3. The van der Waals surface area contributed by atoms with Crippen molar-refractivity contribution in [1.29, 1.82) is 0 Å². The van der Waals surface area contributed by atoms with E-state index in [9.17, 15) is 14.4 Å². The van der Waals surface area contributed by atoms with Crippen LogP contribution in [0.2, 0.25) is 0 Å². The van der Waals surface area contributed by atoms with Gasteiger partial charge in [0.2, 0.25) is 5.76 Å². The third-order valence-corrected chi connectivity index (χ3v) is 4.90. The van der Waals surface area contributed by atoms with Crippen LogP contribution in [0, 0.1) is 6.92 Å². The fourth-order valence-electron chi connectivity index (χ4n) is 2.66. The lowest BCUT2D eigenvalue weighted by Crippen LogP contribution is -2.22. The molecule has 126 valence electrons. The molecule has 2 heterocycles. The van der Waals surface area contributed by atoms with Gasteiger partial charge in [-0.05, 0) is 43.9 Å². The second-order valence-corrected chi connectivity index (χ2v) is 6.57. The van der Waals surface area contributed by atoms with Crippen molar-refractivity contribution in [2.24, 2.45) is 5.73 Å². The minimum Gasteiger partial charge on any atom is -0.454 e. The molecule has 24 heavy (non-hydrogen) atoms. The van der Waals surface area contributed by atoms with Gasteiger partial charge in [0.05, 0.1) is 5.56 Å². The van der Waals surface area contributed by atoms with Gasteiger partial charge in [-0.15, -0.1) is 11.3 Å². The van der Waals surface area contributed by atoms with Crippen LogP contribution in [0.4, 0.5) is 5.00 Å². The van der Waals surface area contributed by atoms with E-state index in [1.165, 1.54) is 17.4 Å². The summed E-state index contributed by atoms with van der Waals surface area (Å²) in [6.45, 7) is 1.23. The fourth-order valence-corrected chi connectivity index (χ4v) is 3.97. The molecule has 7 nitrogen and oxygen atoms in total. The lowest BCUT2D eigenvalue weighted by molar-refractivity contribution is -0.119. The zero-order valence-electron chi connectivity index (χ0n) is 13.0. The predicted molar refractivity (Wildman–Crippen MR) is 87.2 cm³/mol. The molecular formula is C16H16N2O5S. The standard InChI is InChI=1S/C16H16N2O5S/c1-8-5-6-10(23-8)16(21)22-7-12(19)18-15-13(14(17)20)9-3-2-4-11(9)24-15/h5-6H,2-4,7H2,1H3,(H2,17,20)(H,18,19). The van der Waals surface area contributed by atoms with Crippen molar-refractivity contribution in [3.05, 3.63) is 39.7 Å². The van der Waals surface area contributed by atoms with Gasteiger partial charge in [-0.25, -0.2) is 4.79 Å². The summed E-state index contributed by atoms with van der Waals surface area (Å²) in [6.07, 6.45) is 2.64. The Balaban J connectivity index is 1.63. The summed E-state index contributed by atoms with van der Waals surface area (Å²) in [4.78, 5) is 36.5. The average molecular weight is 348 g/mol. The summed E-state index contributed by atoms with van der Waals surface area (Å²) in [7, 11) is 0. The van der Waals surface area contributed by atoms with Crippen LogP contribution < -0.4 is 11.1 Å². The van der Waals surface area contributed by atoms with E-state index in [1.54, 1.807) is 13.0 Å². The number of aryl methyl sites for hydroxylation is 2. The number of anilines is 1. The zero-order valence-corrected chi connectivity index (χ0v) is 13.8. The number of nitrogens with two attached hydrogens (primary N) is 1. The van der Waals surface area contributed by atoms with E-state index in [1.807, 2.05) is 0 Å². The number of thiophene rings is 1. The number of primary amides is 1. The molecule has 0 saturated heterocycles. The topological polar surface area (TPSA) is 112 Å². The molecule has 1 aliphatic rings. The van der Waals surface area contributed by atoms with Crippen molar-refractivity contribution in [3.63, 3.8) is 0 Å². The van der Waals surface area contributed by atoms with Crippen LogP contribution >= 0.6 is 11.3 Å². The van der Waals surface area contributed by atoms with E-state index >= 15 is 0 Å². The smallest absolute Gasteiger partial charge is 0.374 e. The molecule has 1 aliphatic carbocycles. The summed E-state index contributed by atoms with van der Waals surface area (Å²) in [5.74, 6) is -1.21. The number of rotatable bonds is 5. The Morgan fingerprint density at radius 3 is 2.79 bits per heavy atom. The van der Waals surface area contributed by atoms with Crippen molar-refractivity contribution in [1.82, 2.24) is 0 Å². The molecule has 0 atom stereocenters. The Labute approximate surface area is 141 Å². The molecule has 8 heteroatoms. The highest BCUT2D eigenvalue weighted by Crippen LogP contribution is 2.38. The maximum Gasteiger partial charge on any atom is 0.374 e. The maximum absolute atomic E-state index is 12.0. The molecule has 0 unspecified atom stereocenters. The van der Waals surface area contributed by atoms with E-state index in [-0.39, 0.29) is 5.76 Å². The Morgan fingerprint density at radius 1 is 1.33 bits per heavy atom. The number of ether oxygens (including phenoxy) is 1. The highest BCUT2D eigenvalue weighted by atomic mass is 32.1. The SMILES string of the molecule is Cc1ccc(C(=O)OCC(=O)Nc2sc3c(c2C(N)=O)CCC3)o1. The van der Waals surface area contributed by atoms with Crippen molar-refractivity contribution < 1.29 is 23.5 Å². The number of fused-ring (bicyclic) bond motifs is 1. The van der Waals surface area contributed by atoms with Crippen LogP contribution in [-0.2, 0) is 22.4 Å². The first-order valence-electron chi connectivity index (χ1n) is 7.43. The van der Waals surface area contributed by atoms with Gasteiger partial charge in [0, 0.05) is 4.88 Å². The summed E-state index contributed by atoms with van der Waals surface area (Å²) < 4.78 is 10.0. The van der Waals surface area contributed by atoms with Gasteiger partial charge in [-0.2, -0.15) is 0 Å². The molecule has 0 aliphatic heterocycles. The quantitative estimate of drug-likeness (QED) is 0.803. The molecule has 2 aromatic rings. The number of nitrogens with one attached hydrogen (secondary N) is 1. The highest BCUT2D eigenvalue weighted by Gasteiger charge is 2.26.